The van der Waals surface area contributed by atoms with Gasteiger partial charge in [-0.15, -0.1) is 11.8 Å². The van der Waals surface area contributed by atoms with Crippen LogP contribution >= 0.6 is 35.0 Å². The standard InChI is InChI=1S/C30H32Cl2N4O5S/c1-17-20(10-7-11-22(17)37)27(39)34-21(12-18-8-5-4-6-9-18)25(38)29(41)36-16-42-30(2,3)26(36)28(40)33-15-19-13-23(31)35-24(32)14-19/h4-11,13-14,21,25-26,37-38H,12,15-16H2,1-3H3,(H,33,40)(H,34,39)/t21-,25-,26+/m0/s1. The van der Waals surface area contributed by atoms with Gasteiger partial charge in [0.05, 0.1) is 11.9 Å². The number of hydrogen-bond acceptors (Lipinski definition) is 7. The lowest BCUT2D eigenvalue weighted by molar-refractivity contribution is -0.147. The van der Waals surface area contributed by atoms with Gasteiger partial charge in [0.2, 0.25) is 5.91 Å². The van der Waals surface area contributed by atoms with Gasteiger partial charge in [-0.2, -0.15) is 0 Å². The predicted octanol–water partition coefficient (Wildman–Crippen LogP) is 4.10. The Bertz CT molecular complexity index is 1450. The second kappa shape index (κ2) is 13.3. The first-order valence-corrected chi connectivity index (χ1v) is 15.0. The van der Waals surface area contributed by atoms with Crippen molar-refractivity contribution in [3.63, 3.8) is 0 Å². The van der Waals surface area contributed by atoms with E-state index in [0.29, 0.717) is 11.1 Å². The van der Waals surface area contributed by atoms with Gasteiger partial charge in [-0.25, -0.2) is 4.98 Å². The van der Waals surface area contributed by atoms with Crippen LogP contribution in [0.25, 0.3) is 0 Å². The molecule has 1 aliphatic heterocycles. The molecule has 0 spiro atoms. The molecule has 3 aromatic rings. The van der Waals surface area contributed by atoms with E-state index in [-0.39, 0.29) is 40.5 Å². The summed E-state index contributed by atoms with van der Waals surface area (Å²) in [5.74, 6) is -1.51. The summed E-state index contributed by atoms with van der Waals surface area (Å²) in [5, 5.41) is 27.5. The maximum Gasteiger partial charge on any atom is 0.254 e. The van der Waals surface area contributed by atoms with Crippen molar-refractivity contribution in [2.24, 2.45) is 0 Å². The van der Waals surface area contributed by atoms with Gasteiger partial charge >= 0.3 is 0 Å². The first-order valence-electron chi connectivity index (χ1n) is 13.2. The second-order valence-corrected chi connectivity index (χ2v) is 13.0. The van der Waals surface area contributed by atoms with E-state index in [2.05, 4.69) is 15.6 Å². The van der Waals surface area contributed by atoms with Crippen molar-refractivity contribution in [2.45, 2.75) is 56.7 Å². The van der Waals surface area contributed by atoms with E-state index in [9.17, 15) is 24.6 Å². The van der Waals surface area contributed by atoms with E-state index in [1.54, 1.807) is 31.2 Å². The minimum atomic E-state index is -1.66. The molecule has 0 saturated carbocycles. The average Bonchev–Trinajstić information content (AvgIpc) is 3.26. The number of carbonyl (C=O) groups is 3. The topological polar surface area (TPSA) is 132 Å². The minimum Gasteiger partial charge on any atom is -0.508 e. The van der Waals surface area contributed by atoms with E-state index in [1.165, 1.54) is 22.7 Å². The van der Waals surface area contributed by atoms with Crippen molar-refractivity contribution in [1.82, 2.24) is 20.5 Å². The molecule has 0 radical (unpaired) electrons. The number of hydrogen-bond donors (Lipinski definition) is 4. The van der Waals surface area contributed by atoms with E-state index in [1.807, 2.05) is 44.2 Å². The smallest absolute Gasteiger partial charge is 0.254 e. The summed E-state index contributed by atoms with van der Waals surface area (Å²) in [5.41, 5.74) is 2.03. The first-order chi connectivity index (χ1) is 19.9. The Morgan fingerprint density at radius 1 is 1.07 bits per heavy atom. The van der Waals surface area contributed by atoms with E-state index in [4.69, 9.17) is 23.2 Å². The first kappa shape index (κ1) is 31.6. The Morgan fingerprint density at radius 3 is 2.40 bits per heavy atom. The van der Waals surface area contributed by atoms with Crippen LogP contribution in [0.15, 0.2) is 60.7 Å². The third-order valence-electron chi connectivity index (χ3n) is 7.17. The number of phenolic OH excluding ortho intramolecular Hbond substituents is 1. The summed E-state index contributed by atoms with van der Waals surface area (Å²) in [7, 11) is 0. The lowest BCUT2D eigenvalue weighted by Gasteiger charge is -2.33. The quantitative estimate of drug-likeness (QED) is 0.262. The van der Waals surface area contributed by atoms with Crippen molar-refractivity contribution in [1.29, 1.82) is 0 Å². The number of benzene rings is 2. The van der Waals surface area contributed by atoms with Crippen molar-refractivity contribution in [3.05, 3.63) is 93.2 Å². The molecule has 2 aromatic carbocycles. The highest BCUT2D eigenvalue weighted by Gasteiger charge is 2.49. The Hall–Kier alpha value is -3.31. The number of pyridine rings is 1. The second-order valence-electron chi connectivity index (χ2n) is 10.6. The number of halogens is 2. The number of amides is 3. The lowest BCUT2D eigenvalue weighted by Crippen LogP contribution is -2.58. The van der Waals surface area contributed by atoms with Crippen molar-refractivity contribution >= 4 is 52.7 Å². The fraction of sp³-hybridized carbons (Fsp3) is 0.333. The Kier molecular flexibility index (Phi) is 10.0. The molecular weight excluding hydrogens is 599 g/mol. The summed E-state index contributed by atoms with van der Waals surface area (Å²) in [6, 6.07) is 15.0. The number of aliphatic hydroxyl groups excluding tert-OH is 1. The summed E-state index contributed by atoms with van der Waals surface area (Å²) in [4.78, 5) is 45.8. The molecule has 0 bridgehead atoms. The maximum atomic E-state index is 13.8. The molecule has 42 heavy (non-hydrogen) atoms. The lowest BCUT2D eigenvalue weighted by atomic mass is 9.96. The number of aromatic nitrogens is 1. The van der Waals surface area contributed by atoms with Crippen molar-refractivity contribution in [3.8, 4) is 5.75 Å². The molecule has 1 aromatic heterocycles. The van der Waals surface area contributed by atoms with Crippen LogP contribution in [0.2, 0.25) is 10.3 Å². The summed E-state index contributed by atoms with van der Waals surface area (Å²) < 4.78 is -0.663. The molecule has 1 aliphatic rings. The monoisotopic (exact) mass is 630 g/mol. The fourth-order valence-electron chi connectivity index (χ4n) is 4.88. The number of aromatic hydroxyl groups is 1. The maximum absolute atomic E-state index is 13.8. The third kappa shape index (κ3) is 7.36. The molecule has 2 heterocycles. The van der Waals surface area contributed by atoms with Crippen LogP contribution < -0.4 is 10.6 Å². The number of nitrogens with zero attached hydrogens (tertiary/aromatic N) is 2. The molecule has 3 amide bonds. The molecule has 4 rings (SSSR count). The molecule has 1 fully saturated rings. The average molecular weight is 632 g/mol. The molecular formula is C30H32Cl2N4O5S. The zero-order valence-corrected chi connectivity index (χ0v) is 25.6. The summed E-state index contributed by atoms with van der Waals surface area (Å²) >= 11 is 13.4. The van der Waals surface area contributed by atoms with Crippen LogP contribution in [0.5, 0.6) is 5.75 Å². The van der Waals surface area contributed by atoms with Gasteiger partial charge < -0.3 is 25.7 Å². The molecule has 4 N–H and O–H groups in total. The normalized spacial score (nSPS) is 17.4. The Balaban J connectivity index is 1.56. The van der Waals surface area contributed by atoms with Crippen LogP contribution in [0, 0.1) is 6.92 Å². The molecule has 0 aliphatic carbocycles. The zero-order chi connectivity index (χ0) is 30.6. The minimum absolute atomic E-state index is 0.0413. The molecule has 0 unspecified atom stereocenters. The van der Waals surface area contributed by atoms with Gasteiger partial charge in [-0.05, 0) is 62.6 Å². The van der Waals surface area contributed by atoms with Crippen LogP contribution in [0.4, 0.5) is 0 Å². The van der Waals surface area contributed by atoms with Crippen molar-refractivity contribution in [2.75, 3.05) is 5.88 Å². The zero-order valence-electron chi connectivity index (χ0n) is 23.3. The molecule has 222 valence electrons. The summed E-state index contributed by atoms with van der Waals surface area (Å²) in [6.45, 7) is 5.43. The highest BCUT2D eigenvalue weighted by Crippen LogP contribution is 2.40. The van der Waals surface area contributed by atoms with Gasteiger partial charge in [0.1, 0.15) is 22.1 Å². The van der Waals surface area contributed by atoms with E-state index >= 15 is 0 Å². The van der Waals surface area contributed by atoms with Crippen LogP contribution in [-0.2, 0) is 22.6 Å². The highest BCUT2D eigenvalue weighted by molar-refractivity contribution is 8.00. The number of rotatable bonds is 9. The van der Waals surface area contributed by atoms with E-state index in [0.717, 1.165) is 5.56 Å². The number of nitrogens with one attached hydrogen (secondary N) is 2. The van der Waals surface area contributed by atoms with E-state index < -0.39 is 40.7 Å². The number of aliphatic hydroxyl groups is 1. The predicted molar refractivity (Wildman–Crippen MR) is 164 cm³/mol. The molecule has 3 atom stereocenters. The third-order valence-corrected chi connectivity index (χ3v) is 8.93. The Labute approximate surface area is 258 Å². The van der Waals surface area contributed by atoms with Gasteiger partial charge in [-0.3, -0.25) is 14.4 Å². The van der Waals surface area contributed by atoms with Crippen LogP contribution in [0.1, 0.15) is 40.9 Å². The van der Waals surface area contributed by atoms with Gasteiger partial charge in [0, 0.05) is 22.4 Å². The molecule has 9 nitrogen and oxygen atoms in total. The Morgan fingerprint density at radius 2 is 1.74 bits per heavy atom. The van der Waals surface area contributed by atoms with Gasteiger partial charge in [0.15, 0.2) is 6.10 Å². The number of phenols is 1. The summed E-state index contributed by atoms with van der Waals surface area (Å²) in [6.07, 6.45) is -1.50. The largest absolute Gasteiger partial charge is 0.508 e. The number of thioether (sulfide) groups is 1. The fourth-order valence-corrected chi connectivity index (χ4v) is 6.53. The number of carbonyl (C=O) groups excluding carboxylic acids is 3. The van der Waals surface area contributed by atoms with Crippen molar-refractivity contribution < 1.29 is 24.6 Å². The SMILES string of the molecule is Cc1c(O)cccc1C(=O)N[C@@H](Cc1ccccc1)[C@H](O)C(=O)N1CSC(C)(C)[C@H]1C(=O)NCc1cc(Cl)nc(Cl)c1. The molecule has 12 heteroatoms. The van der Waals surface area contributed by atoms with Gasteiger partial charge in [-0.1, -0.05) is 59.6 Å². The highest BCUT2D eigenvalue weighted by atomic mass is 35.5. The van der Waals surface area contributed by atoms with Gasteiger partial charge in [0.25, 0.3) is 11.8 Å². The molecule has 1 saturated heterocycles. The van der Waals surface area contributed by atoms with Crippen LogP contribution in [-0.4, -0.2) is 66.6 Å². The van der Waals surface area contributed by atoms with Crippen LogP contribution in [0.3, 0.4) is 0 Å².